The fraction of sp³-hybridized carbons (Fsp3) is 0. The molecule has 2 rings (SSSR count). The molecule has 0 aliphatic heterocycles. The van der Waals surface area contributed by atoms with Gasteiger partial charge in [0.2, 0.25) is 0 Å². The quantitative estimate of drug-likeness (QED) is 0.878. The van der Waals surface area contributed by atoms with Gasteiger partial charge in [0.25, 0.3) is 0 Å². The number of aromatic amines is 1. The summed E-state index contributed by atoms with van der Waals surface area (Å²) in [7, 11) is 0. The molecule has 0 radical (unpaired) electrons. The first-order valence-corrected chi connectivity index (χ1v) is 4.99. The average molecular weight is 267 g/mol. The number of hydrogen-bond donors (Lipinski definition) is 2. The highest BCUT2D eigenvalue weighted by Crippen LogP contribution is 2.24. The minimum Gasteiger partial charge on any atom is -0.478 e. The Labute approximate surface area is 94.1 Å². The lowest BCUT2D eigenvalue weighted by atomic mass is 10.1. The second kappa shape index (κ2) is 3.86. The third-order valence-corrected chi connectivity index (χ3v) is 2.43. The van der Waals surface area contributed by atoms with E-state index in [0.717, 1.165) is 10.0 Å². The first-order chi connectivity index (χ1) is 7.18. The van der Waals surface area contributed by atoms with Crippen LogP contribution in [0, 0.1) is 0 Å². The number of aromatic nitrogens is 2. The number of nitrogens with one attached hydrogen (secondary N) is 1. The van der Waals surface area contributed by atoms with E-state index in [0.29, 0.717) is 5.56 Å². The Kier molecular flexibility index (Phi) is 2.55. The van der Waals surface area contributed by atoms with Crippen molar-refractivity contribution < 1.29 is 9.90 Å². The Hall–Kier alpha value is -1.62. The molecule has 2 aromatic heterocycles. The molecule has 4 nitrogen and oxygen atoms in total. The minimum atomic E-state index is -0.953. The summed E-state index contributed by atoms with van der Waals surface area (Å²) in [5, 5.41) is 8.93. The lowest BCUT2D eigenvalue weighted by Crippen LogP contribution is -1.96. The van der Waals surface area contributed by atoms with Crippen LogP contribution in [0.3, 0.4) is 0 Å². The second-order valence-electron chi connectivity index (χ2n) is 2.98. The Morgan fingerprint density at radius 3 is 2.87 bits per heavy atom. The predicted octanol–water partition coefficient (Wildman–Crippen LogP) is 2.54. The number of halogens is 1. The van der Waals surface area contributed by atoms with Gasteiger partial charge in [0.15, 0.2) is 0 Å². The Morgan fingerprint density at radius 2 is 2.20 bits per heavy atom. The summed E-state index contributed by atoms with van der Waals surface area (Å²) in [6.07, 6.45) is 6.38. The number of H-pyrrole nitrogens is 1. The summed E-state index contributed by atoms with van der Waals surface area (Å²) >= 11 is 3.29. The van der Waals surface area contributed by atoms with E-state index in [-0.39, 0.29) is 5.56 Å². The maximum atomic E-state index is 10.9. The minimum absolute atomic E-state index is 0.245. The highest BCUT2D eigenvalue weighted by atomic mass is 79.9. The van der Waals surface area contributed by atoms with Crippen LogP contribution in [0.5, 0.6) is 0 Å². The number of nitrogens with zero attached hydrogens (tertiary/aromatic N) is 1. The van der Waals surface area contributed by atoms with E-state index >= 15 is 0 Å². The Bertz CT molecular complexity index is 508. The van der Waals surface area contributed by atoms with Gasteiger partial charge in [-0.1, -0.05) is 0 Å². The van der Waals surface area contributed by atoms with Gasteiger partial charge in [0.05, 0.1) is 5.56 Å². The van der Waals surface area contributed by atoms with Crippen LogP contribution in [0.2, 0.25) is 0 Å². The topological polar surface area (TPSA) is 66.0 Å². The molecule has 0 atom stereocenters. The van der Waals surface area contributed by atoms with Gasteiger partial charge < -0.3 is 10.1 Å². The molecule has 0 saturated heterocycles. The summed E-state index contributed by atoms with van der Waals surface area (Å²) < 4.78 is 0.817. The average Bonchev–Trinajstić information content (AvgIpc) is 2.65. The summed E-state index contributed by atoms with van der Waals surface area (Å²) in [6, 6.07) is 1.82. The van der Waals surface area contributed by atoms with Crippen molar-refractivity contribution in [3.05, 3.63) is 40.9 Å². The molecular weight excluding hydrogens is 260 g/mol. The standard InChI is InChI=1S/C10H7BrN2O2/c11-7-1-6(2-12-3-7)8-4-13-5-9(8)10(14)15/h1-5,13H,(H,14,15). The van der Waals surface area contributed by atoms with Crippen molar-refractivity contribution in [2.24, 2.45) is 0 Å². The van der Waals surface area contributed by atoms with Crippen LogP contribution in [0.25, 0.3) is 11.1 Å². The molecule has 0 aliphatic carbocycles. The molecule has 0 amide bonds. The molecule has 0 fully saturated rings. The van der Waals surface area contributed by atoms with Gasteiger partial charge in [-0.15, -0.1) is 0 Å². The smallest absolute Gasteiger partial charge is 0.337 e. The van der Waals surface area contributed by atoms with Crippen molar-refractivity contribution in [3.63, 3.8) is 0 Å². The second-order valence-corrected chi connectivity index (χ2v) is 3.90. The maximum absolute atomic E-state index is 10.9. The van der Waals surface area contributed by atoms with Crippen LogP contribution in [-0.4, -0.2) is 21.0 Å². The Morgan fingerprint density at radius 1 is 1.40 bits per heavy atom. The molecule has 0 bridgehead atoms. The first kappa shape index (κ1) is 9.92. The number of rotatable bonds is 2. The highest BCUT2D eigenvalue weighted by Gasteiger charge is 2.12. The summed E-state index contributed by atoms with van der Waals surface area (Å²) in [6.45, 7) is 0. The van der Waals surface area contributed by atoms with Crippen molar-refractivity contribution in [2.75, 3.05) is 0 Å². The molecule has 2 N–H and O–H groups in total. The zero-order valence-electron chi connectivity index (χ0n) is 7.57. The molecule has 2 aromatic rings. The fourth-order valence-corrected chi connectivity index (χ4v) is 1.70. The summed E-state index contributed by atoms with van der Waals surface area (Å²) in [5.74, 6) is -0.953. The third kappa shape index (κ3) is 1.92. The lowest BCUT2D eigenvalue weighted by molar-refractivity contribution is 0.0698. The molecule has 0 saturated carbocycles. The van der Waals surface area contributed by atoms with Crippen molar-refractivity contribution in [1.82, 2.24) is 9.97 Å². The van der Waals surface area contributed by atoms with Gasteiger partial charge >= 0.3 is 5.97 Å². The molecular formula is C10H7BrN2O2. The molecule has 0 unspecified atom stereocenters. The number of aromatic carboxylic acids is 1. The SMILES string of the molecule is O=C(O)c1c[nH]cc1-c1cncc(Br)c1. The molecule has 2 heterocycles. The van der Waals surface area contributed by atoms with E-state index < -0.39 is 5.97 Å². The van der Waals surface area contributed by atoms with Gasteiger partial charge in [-0.3, -0.25) is 4.98 Å². The first-order valence-electron chi connectivity index (χ1n) is 4.19. The highest BCUT2D eigenvalue weighted by molar-refractivity contribution is 9.10. The van der Waals surface area contributed by atoms with Gasteiger partial charge in [0.1, 0.15) is 0 Å². The van der Waals surface area contributed by atoms with Crippen LogP contribution in [0.4, 0.5) is 0 Å². The van der Waals surface area contributed by atoms with Gasteiger partial charge in [-0.2, -0.15) is 0 Å². The number of carboxylic acids is 1. The van der Waals surface area contributed by atoms with Gasteiger partial charge in [0, 0.05) is 40.4 Å². The van der Waals surface area contributed by atoms with Crippen LogP contribution in [0.15, 0.2) is 35.3 Å². The number of carboxylic acid groups (broad SMARTS) is 1. The summed E-state index contributed by atoms with van der Waals surface area (Å²) in [4.78, 5) is 17.6. The number of pyridine rings is 1. The van der Waals surface area contributed by atoms with Gasteiger partial charge in [-0.05, 0) is 22.0 Å². The molecule has 0 aliphatic rings. The number of carbonyl (C=O) groups is 1. The zero-order chi connectivity index (χ0) is 10.8. The van der Waals surface area contributed by atoms with Gasteiger partial charge in [-0.25, -0.2) is 4.79 Å². The monoisotopic (exact) mass is 266 g/mol. The van der Waals surface area contributed by atoms with E-state index in [1.165, 1.54) is 6.20 Å². The molecule has 0 aromatic carbocycles. The van der Waals surface area contributed by atoms with E-state index in [4.69, 9.17) is 5.11 Å². The van der Waals surface area contributed by atoms with Crippen LogP contribution < -0.4 is 0 Å². The predicted molar refractivity (Wildman–Crippen MR) is 58.7 cm³/mol. The molecule has 76 valence electrons. The van der Waals surface area contributed by atoms with Crippen molar-refractivity contribution in [2.45, 2.75) is 0 Å². The lowest BCUT2D eigenvalue weighted by Gasteiger charge is -2.00. The molecule has 15 heavy (non-hydrogen) atoms. The van der Waals surface area contributed by atoms with Crippen LogP contribution in [0.1, 0.15) is 10.4 Å². The Balaban J connectivity index is 2.54. The van der Waals surface area contributed by atoms with E-state index in [2.05, 4.69) is 25.9 Å². The van der Waals surface area contributed by atoms with E-state index in [1.807, 2.05) is 6.07 Å². The third-order valence-electron chi connectivity index (χ3n) is 1.99. The van der Waals surface area contributed by atoms with Crippen LogP contribution >= 0.6 is 15.9 Å². The van der Waals surface area contributed by atoms with Crippen molar-refractivity contribution >= 4 is 21.9 Å². The largest absolute Gasteiger partial charge is 0.478 e. The molecule has 5 heteroatoms. The van der Waals surface area contributed by atoms with E-state index in [1.54, 1.807) is 18.6 Å². The summed E-state index contributed by atoms with van der Waals surface area (Å²) in [5.41, 5.74) is 1.65. The normalized spacial score (nSPS) is 10.2. The van der Waals surface area contributed by atoms with E-state index in [9.17, 15) is 4.79 Å². The molecule has 0 spiro atoms. The fourth-order valence-electron chi connectivity index (χ4n) is 1.34. The van der Waals surface area contributed by atoms with Crippen LogP contribution in [-0.2, 0) is 0 Å². The van der Waals surface area contributed by atoms with Crippen molar-refractivity contribution in [3.8, 4) is 11.1 Å². The zero-order valence-corrected chi connectivity index (χ0v) is 9.15. The number of hydrogen-bond acceptors (Lipinski definition) is 2. The maximum Gasteiger partial charge on any atom is 0.337 e. The van der Waals surface area contributed by atoms with Crippen molar-refractivity contribution in [1.29, 1.82) is 0 Å².